The van der Waals surface area contributed by atoms with E-state index < -0.39 is 0 Å². The van der Waals surface area contributed by atoms with Crippen molar-refractivity contribution in [2.45, 2.75) is 32.7 Å². The van der Waals surface area contributed by atoms with Gasteiger partial charge in [0, 0.05) is 17.3 Å². The maximum Gasteiger partial charge on any atom is 0.127 e. The van der Waals surface area contributed by atoms with Crippen LogP contribution >= 0.6 is 12.2 Å². The van der Waals surface area contributed by atoms with Crippen molar-refractivity contribution in [3.05, 3.63) is 23.4 Å². The van der Waals surface area contributed by atoms with E-state index in [9.17, 15) is 0 Å². The lowest BCUT2D eigenvalue weighted by atomic mass is 10.2. The average molecular weight is 235 g/mol. The number of thiocarbonyl (C=S) groups is 1. The number of nitrogens with two attached hydrogens (primary N) is 1. The predicted octanol–water partition coefficient (Wildman–Crippen LogP) is 2.23. The lowest BCUT2D eigenvalue weighted by Crippen LogP contribution is -2.12. The minimum atomic E-state index is 0.427. The summed E-state index contributed by atoms with van der Waals surface area (Å²) in [6, 6.07) is 4.43. The number of aryl methyl sites for hydroxylation is 1. The van der Waals surface area contributed by atoms with E-state index in [2.05, 4.69) is 17.2 Å². The van der Waals surface area contributed by atoms with E-state index in [1.54, 1.807) is 0 Å². The zero-order valence-corrected chi connectivity index (χ0v) is 10.5. The molecule has 1 heterocycles. The van der Waals surface area contributed by atoms with E-state index in [1.165, 1.54) is 12.8 Å². The van der Waals surface area contributed by atoms with Crippen LogP contribution < -0.4 is 11.1 Å². The molecule has 0 spiro atoms. The summed E-state index contributed by atoms with van der Waals surface area (Å²) in [5.74, 6) is 1.69. The van der Waals surface area contributed by atoms with Crippen molar-refractivity contribution in [3.8, 4) is 0 Å². The lowest BCUT2D eigenvalue weighted by Gasteiger charge is -2.08. The first-order valence-electron chi connectivity index (χ1n) is 5.65. The van der Waals surface area contributed by atoms with Gasteiger partial charge in [0.05, 0.1) is 0 Å². The Bertz CT molecular complexity index is 417. The number of nitrogens with one attached hydrogen (secondary N) is 1. The zero-order chi connectivity index (χ0) is 11.7. The Balaban J connectivity index is 2.12. The minimum Gasteiger partial charge on any atom is -0.389 e. The summed E-state index contributed by atoms with van der Waals surface area (Å²) in [4.78, 5) is 4.87. The number of nitrogens with zero attached hydrogens (tertiary/aromatic N) is 1. The summed E-state index contributed by atoms with van der Waals surface area (Å²) in [6.45, 7) is 4.17. The van der Waals surface area contributed by atoms with Gasteiger partial charge in [-0.2, -0.15) is 0 Å². The molecule has 0 aromatic carbocycles. The van der Waals surface area contributed by atoms with E-state index in [1.807, 2.05) is 19.1 Å². The Kier molecular flexibility index (Phi) is 3.10. The van der Waals surface area contributed by atoms with Crippen LogP contribution in [0.3, 0.4) is 0 Å². The fourth-order valence-corrected chi connectivity index (χ4v) is 2.07. The molecule has 3 N–H and O–H groups in total. The molecular weight excluding hydrogens is 218 g/mol. The molecule has 1 aliphatic rings. The second-order valence-corrected chi connectivity index (χ2v) is 4.84. The van der Waals surface area contributed by atoms with Crippen LogP contribution in [0.1, 0.15) is 31.0 Å². The van der Waals surface area contributed by atoms with E-state index in [0.29, 0.717) is 11.0 Å². The van der Waals surface area contributed by atoms with Gasteiger partial charge in [0.15, 0.2) is 0 Å². The summed E-state index contributed by atoms with van der Waals surface area (Å²) in [5, 5.41) is 3.43. The fourth-order valence-electron chi connectivity index (χ4n) is 1.95. The van der Waals surface area contributed by atoms with Crippen LogP contribution in [0, 0.1) is 12.8 Å². The molecule has 2 rings (SSSR count). The largest absolute Gasteiger partial charge is 0.389 e. The molecule has 2 atom stereocenters. The molecule has 1 aromatic rings. The Morgan fingerprint density at radius 2 is 2.38 bits per heavy atom. The second kappa shape index (κ2) is 4.37. The van der Waals surface area contributed by atoms with Crippen LogP contribution in [0.15, 0.2) is 12.1 Å². The zero-order valence-electron chi connectivity index (χ0n) is 9.66. The highest BCUT2D eigenvalue weighted by atomic mass is 32.1. The van der Waals surface area contributed by atoms with Gasteiger partial charge in [-0.15, -0.1) is 0 Å². The van der Waals surface area contributed by atoms with Gasteiger partial charge >= 0.3 is 0 Å². The summed E-state index contributed by atoms with van der Waals surface area (Å²) >= 11 is 4.98. The molecule has 16 heavy (non-hydrogen) atoms. The highest BCUT2D eigenvalue weighted by Crippen LogP contribution is 2.35. The molecule has 86 valence electrons. The predicted molar refractivity (Wildman–Crippen MR) is 70.7 cm³/mol. The minimum absolute atomic E-state index is 0.427. The van der Waals surface area contributed by atoms with Gasteiger partial charge in [-0.1, -0.05) is 25.6 Å². The van der Waals surface area contributed by atoms with Crippen molar-refractivity contribution in [2.24, 2.45) is 11.7 Å². The van der Waals surface area contributed by atoms with Crippen LogP contribution in [0.25, 0.3) is 0 Å². The van der Waals surface area contributed by atoms with E-state index in [0.717, 1.165) is 23.0 Å². The van der Waals surface area contributed by atoms with Crippen LogP contribution in [0.5, 0.6) is 0 Å². The van der Waals surface area contributed by atoms with Crippen LogP contribution in [0.4, 0.5) is 5.82 Å². The fraction of sp³-hybridized carbons (Fsp3) is 0.500. The number of hydrogen-bond acceptors (Lipinski definition) is 3. The van der Waals surface area contributed by atoms with Gasteiger partial charge in [0.25, 0.3) is 0 Å². The molecule has 0 radical (unpaired) electrons. The number of aromatic nitrogens is 1. The van der Waals surface area contributed by atoms with Gasteiger partial charge < -0.3 is 11.1 Å². The van der Waals surface area contributed by atoms with Gasteiger partial charge in [-0.3, -0.25) is 0 Å². The Morgan fingerprint density at radius 3 is 2.94 bits per heavy atom. The summed E-state index contributed by atoms with van der Waals surface area (Å²) < 4.78 is 0. The highest BCUT2D eigenvalue weighted by Gasteiger charge is 2.35. The molecule has 1 fully saturated rings. The van der Waals surface area contributed by atoms with Crippen molar-refractivity contribution < 1.29 is 0 Å². The standard InChI is InChI=1S/C12H17N3S/c1-3-8-5-10(8)15-11-6-9(12(13)16)4-7(2)14-11/h4,6,8,10H,3,5H2,1-2H3,(H2,13,16)(H,14,15). The molecule has 0 bridgehead atoms. The molecule has 3 nitrogen and oxygen atoms in total. The quantitative estimate of drug-likeness (QED) is 0.786. The van der Waals surface area contributed by atoms with Crippen molar-refractivity contribution >= 4 is 23.0 Å². The molecular formula is C12H17N3S. The number of rotatable bonds is 4. The topological polar surface area (TPSA) is 50.9 Å². The van der Waals surface area contributed by atoms with E-state index in [4.69, 9.17) is 18.0 Å². The highest BCUT2D eigenvalue weighted by molar-refractivity contribution is 7.80. The Morgan fingerprint density at radius 1 is 1.62 bits per heavy atom. The van der Waals surface area contributed by atoms with E-state index >= 15 is 0 Å². The third kappa shape index (κ3) is 2.50. The van der Waals surface area contributed by atoms with Crippen LogP contribution in [-0.2, 0) is 0 Å². The third-order valence-corrected chi connectivity index (χ3v) is 3.25. The van der Waals surface area contributed by atoms with Crippen LogP contribution in [0.2, 0.25) is 0 Å². The lowest BCUT2D eigenvalue weighted by molar-refractivity contribution is 0.773. The summed E-state index contributed by atoms with van der Waals surface area (Å²) in [5.41, 5.74) is 7.46. The Hall–Kier alpha value is -1.16. The SMILES string of the molecule is CCC1CC1Nc1cc(C(N)=S)cc(C)n1. The third-order valence-electron chi connectivity index (χ3n) is 3.02. The number of hydrogen-bond donors (Lipinski definition) is 2. The average Bonchev–Trinajstić information content (AvgIpc) is 2.95. The van der Waals surface area contributed by atoms with Crippen molar-refractivity contribution in [1.29, 1.82) is 0 Å². The maximum absolute atomic E-state index is 5.63. The molecule has 0 amide bonds. The van der Waals surface area contributed by atoms with Crippen molar-refractivity contribution in [3.63, 3.8) is 0 Å². The smallest absolute Gasteiger partial charge is 0.127 e. The van der Waals surface area contributed by atoms with Gasteiger partial charge in [-0.05, 0) is 31.4 Å². The van der Waals surface area contributed by atoms with Gasteiger partial charge in [0.2, 0.25) is 0 Å². The molecule has 1 aromatic heterocycles. The number of pyridine rings is 1. The normalized spacial score (nSPS) is 22.9. The molecule has 1 aliphatic carbocycles. The first-order valence-corrected chi connectivity index (χ1v) is 6.06. The molecule has 4 heteroatoms. The van der Waals surface area contributed by atoms with Gasteiger partial charge in [-0.25, -0.2) is 4.98 Å². The summed E-state index contributed by atoms with van der Waals surface area (Å²) in [7, 11) is 0. The van der Waals surface area contributed by atoms with Crippen LogP contribution in [-0.4, -0.2) is 16.0 Å². The molecule has 1 saturated carbocycles. The Labute approximate surface area is 101 Å². The maximum atomic E-state index is 5.63. The van der Waals surface area contributed by atoms with Crippen molar-refractivity contribution in [2.75, 3.05) is 5.32 Å². The molecule has 0 saturated heterocycles. The second-order valence-electron chi connectivity index (χ2n) is 4.40. The van der Waals surface area contributed by atoms with Crippen molar-refractivity contribution in [1.82, 2.24) is 4.98 Å². The van der Waals surface area contributed by atoms with Gasteiger partial charge in [0.1, 0.15) is 10.8 Å². The summed E-state index contributed by atoms with van der Waals surface area (Å²) in [6.07, 6.45) is 2.47. The molecule has 2 unspecified atom stereocenters. The first kappa shape index (κ1) is 11.3. The first-order chi connectivity index (χ1) is 7.60. The monoisotopic (exact) mass is 235 g/mol. The molecule has 0 aliphatic heterocycles. The van der Waals surface area contributed by atoms with E-state index in [-0.39, 0.29) is 0 Å². The number of anilines is 1.